The monoisotopic (exact) mass is 275 g/mol. The maximum atomic E-state index is 13.6. The van der Waals surface area contributed by atoms with Crippen molar-refractivity contribution in [3.05, 3.63) is 40.2 Å². The zero-order valence-electron chi connectivity index (χ0n) is 9.79. The van der Waals surface area contributed by atoms with Crippen molar-refractivity contribution in [3.63, 3.8) is 0 Å². The van der Waals surface area contributed by atoms with Gasteiger partial charge in [0.2, 0.25) is 5.82 Å². The van der Waals surface area contributed by atoms with Crippen LogP contribution in [0, 0.1) is 11.6 Å². The lowest BCUT2D eigenvalue weighted by Crippen LogP contribution is -2.13. The van der Waals surface area contributed by atoms with Crippen LogP contribution in [0.15, 0.2) is 23.1 Å². The number of pyridine rings is 1. The second-order valence-corrected chi connectivity index (χ2v) is 3.74. The third-order valence-corrected chi connectivity index (χ3v) is 2.66. The number of rotatable bonds is 3. The molecule has 7 heteroatoms. The number of fused-ring (bicyclic) bond motifs is 1. The lowest BCUT2D eigenvalue weighted by Gasteiger charge is -2.14. The minimum absolute atomic E-state index is 0.186. The average Bonchev–Trinajstić information content (AvgIpc) is 2.36. The van der Waals surface area contributed by atoms with Gasteiger partial charge in [0.05, 0.1) is 10.9 Å². The van der Waals surface area contributed by atoms with Gasteiger partial charge in [-0.25, -0.2) is 4.39 Å². The van der Waals surface area contributed by atoms with Crippen LogP contribution in [-0.4, -0.2) is 11.2 Å². The highest BCUT2D eigenvalue weighted by Crippen LogP contribution is 2.30. The highest BCUT2D eigenvalue weighted by Gasteiger charge is 2.21. The van der Waals surface area contributed by atoms with E-state index in [1.54, 1.807) is 6.92 Å². The number of benzene rings is 1. The van der Waals surface area contributed by atoms with Gasteiger partial charge in [0.1, 0.15) is 0 Å². The molecule has 0 unspecified atom stereocenters. The molecular weight excluding hydrogens is 266 g/mol. The normalized spacial score (nSPS) is 11.3. The van der Waals surface area contributed by atoms with Crippen molar-refractivity contribution >= 4 is 10.9 Å². The first-order valence-electron chi connectivity index (χ1n) is 5.41. The van der Waals surface area contributed by atoms with E-state index in [-0.39, 0.29) is 17.4 Å². The van der Waals surface area contributed by atoms with E-state index in [4.69, 9.17) is 0 Å². The van der Waals surface area contributed by atoms with Crippen LogP contribution in [-0.2, 0) is 6.54 Å². The number of aromatic nitrogens is 1. The third kappa shape index (κ3) is 2.27. The molecular formula is C12H9F4NO2. The maximum Gasteiger partial charge on any atom is 0.387 e. The van der Waals surface area contributed by atoms with Gasteiger partial charge in [-0.15, -0.1) is 0 Å². The summed E-state index contributed by atoms with van der Waals surface area (Å²) >= 11 is 0. The summed E-state index contributed by atoms with van der Waals surface area (Å²) < 4.78 is 56.9. The molecule has 0 saturated carbocycles. The first-order valence-corrected chi connectivity index (χ1v) is 5.41. The SMILES string of the molecule is CCn1ccc(=O)c2cc(F)c(F)c(OC(F)F)c21. The summed E-state index contributed by atoms with van der Waals surface area (Å²) in [6, 6.07) is 1.83. The van der Waals surface area contributed by atoms with Crippen molar-refractivity contribution in [3.8, 4) is 5.75 Å². The first kappa shape index (κ1) is 13.4. The molecule has 3 nitrogen and oxygen atoms in total. The third-order valence-electron chi connectivity index (χ3n) is 2.66. The van der Waals surface area contributed by atoms with Crippen LogP contribution in [0.2, 0.25) is 0 Å². The highest BCUT2D eigenvalue weighted by atomic mass is 19.3. The minimum atomic E-state index is -3.32. The van der Waals surface area contributed by atoms with E-state index >= 15 is 0 Å². The average molecular weight is 275 g/mol. The summed E-state index contributed by atoms with van der Waals surface area (Å²) in [5, 5.41) is -0.209. The van der Waals surface area contributed by atoms with E-state index in [9.17, 15) is 22.4 Å². The quantitative estimate of drug-likeness (QED) is 0.806. The molecule has 0 radical (unpaired) electrons. The lowest BCUT2D eigenvalue weighted by atomic mass is 10.1. The van der Waals surface area contributed by atoms with Gasteiger partial charge in [0.15, 0.2) is 17.0 Å². The van der Waals surface area contributed by atoms with E-state index in [2.05, 4.69) is 4.74 Å². The van der Waals surface area contributed by atoms with Crippen molar-refractivity contribution in [1.82, 2.24) is 4.57 Å². The van der Waals surface area contributed by atoms with Crippen molar-refractivity contribution in [2.45, 2.75) is 20.1 Å². The van der Waals surface area contributed by atoms with E-state index in [1.165, 1.54) is 10.8 Å². The van der Waals surface area contributed by atoms with Gasteiger partial charge in [-0.1, -0.05) is 0 Å². The molecule has 0 bridgehead atoms. The molecule has 0 spiro atoms. The molecule has 102 valence electrons. The van der Waals surface area contributed by atoms with Gasteiger partial charge >= 0.3 is 6.61 Å². The summed E-state index contributed by atoms with van der Waals surface area (Å²) in [6.07, 6.45) is 1.31. The number of ether oxygens (including phenoxy) is 1. The standard InChI is InChI=1S/C12H9F4NO2/c1-2-17-4-3-8(18)6-5-7(13)9(14)11(10(6)17)19-12(15)16/h3-5,12H,2H2,1H3. The second kappa shape index (κ2) is 4.91. The Labute approximate surface area is 105 Å². The van der Waals surface area contributed by atoms with Crippen LogP contribution in [0.5, 0.6) is 5.75 Å². The van der Waals surface area contributed by atoms with Crippen LogP contribution in [0.4, 0.5) is 17.6 Å². The van der Waals surface area contributed by atoms with E-state index in [0.717, 1.165) is 6.07 Å². The zero-order chi connectivity index (χ0) is 14.2. The Bertz CT molecular complexity index is 681. The van der Waals surface area contributed by atoms with Crippen molar-refractivity contribution < 1.29 is 22.3 Å². The predicted octanol–water partition coefficient (Wildman–Crippen LogP) is 2.90. The second-order valence-electron chi connectivity index (χ2n) is 3.74. The molecule has 0 amide bonds. The number of hydrogen-bond donors (Lipinski definition) is 0. The Morgan fingerprint density at radius 2 is 2.05 bits per heavy atom. The Kier molecular flexibility index (Phi) is 3.46. The molecule has 0 N–H and O–H groups in total. The van der Waals surface area contributed by atoms with E-state index in [0.29, 0.717) is 6.07 Å². The predicted molar refractivity (Wildman–Crippen MR) is 60.4 cm³/mol. The molecule has 1 aromatic carbocycles. The number of hydrogen-bond acceptors (Lipinski definition) is 2. The molecule has 0 fully saturated rings. The minimum Gasteiger partial charge on any atom is -0.429 e. The van der Waals surface area contributed by atoms with Crippen LogP contribution in [0.1, 0.15) is 6.92 Å². The fourth-order valence-electron chi connectivity index (χ4n) is 1.85. The fraction of sp³-hybridized carbons (Fsp3) is 0.250. The summed E-state index contributed by atoms with van der Waals surface area (Å²) in [7, 11) is 0. The molecule has 0 aliphatic carbocycles. The molecule has 1 aromatic heterocycles. The molecule has 2 rings (SSSR count). The summed E-state index contributed by atoms with van der Waals surface area (Å²) in [6.45, 7) is -1.38. The van der Waals surface area contributed by atoms with Crippen LogP contribution >= 0.6 is 0 Å². The Morgan fingerprint density at radius 3 is 2.63 bits per heavy atom. The number of halogens is 4. The number of nitrogens with zero attached hydrogens (tertiary/aromatic N) is 1. The summed E-state index contributed by atoms with van der Waals surface area (Å²) in [4.78, 5) is 11.6. The zero-order valence-corrected chi connectivity index (χ0v) is 9.79. The Hall–Kier alpha value is -2.05. The van der Waals surface area contributed by atoms with E-state index < -0.39 is 29.4 Å². The van der Waals surface area contributed by atoms with Crippen molar-refractivity contribution in [2.24, 2.45) is 0 Å². The van der Waals surface area contributed by atoms with Gasteiger partial charge in [0, 0.05) is 18.8 Å². The van der Waals surface area contributed by atoms with Crippen molar-refractivity contribution in [1.29, 1.82) is 0 Å². The smallest absolute Gasteiger partial charge is 0.387 e. The van der Waals surface area contributed by atoms with Crippen LogP contribution in [0.25, 0.3) is 10.9 Å². The fourth-order valence-corrected chi connectivity index (χ4v) is 1.85. The van der Waals surface area contributed by atoms with Gasteiger partial charge in [-0.05, 0) is 13.0 Å². The maximum absolute atomic E-state index is 13.6. The molecule has 1 heterocycles. The van der Waals surface area contributed by atoms with Gasteiger partial charge in [0.25, 0.3) is 0 Å². The molecule has 0 atom stereocenters. The van der Waals surface area contributed by atoms with Crippen LogP contribution in [0.3, 0.4) is 0 Å². The number of aryl methyl sites for hydroxylation is 1. The van der Waals surface area contributed by atoms with Crippen LogP contribution < -0.4 is 10.2 Å². The van der Waals surface area contributed by atoms with E-state index in [1.807, 2.05) is 0 Å². The molecule has 0 saturated heterocycles. The van der Waals surface area contributed by atoms with Gasteiger partial charge in [-0.2, -0.15) is 13.2 Å². The van der Waals surface area contributed by atoms with Crippen molar-refractivity contribution in [2.75, 3.05) is 0 Å². The number of alkyl halides is 2. The molecule has 19 heavy (non-hydrogen) atoms. The molecule has 0 aliphatic heterocycles. The summed E-state index contributed by atoms with van der Waals surface area (Å²) in [5.74, 6) is -3.90. The largest absolute Gasteiger partial charge is 0.429 e. The first-order chi connectivity index (χ1) is 8.95. The van der Waals surface area contributed by atoms with Gasteiger partial charge in [-0.3, -0.25) is 4.79 Å². The highest BCUT2D eigenvalue weighted by molar-refractivity contribution is 5.85. The topological polar surface area (TPSA) is 31.2 Å². The molecule has 2 aromatic rings. The summed E-state index contributed by atoms with van der Waals surface area (Å²) in [5.41, 5.74) is -0.785. The lowest BCUT2D eigenvalue weighted by molar-refractivity contribution is -0.0516. The Balaban J connectivity index is 2.92. The molecule has 0 aliphatic rings. The Morgan fingerprint density at radius 1 is 1.37 bits per heavy atom. The van der Waals surface area contributed by atoms with Gasteiger partial charge < -0.3 is 9.30 Å².